The summed E-state index contributed by atoms with van der Waals surface area (Å²) in [6.45, 7) is 1.74. The molecule has 1 heterocycles. The Morgan fingerprint density at radius 3 is 2.40 bits per heavy atom. The normalized spacial score (nSPS) is 19.9. The maximum atomic E-state index is 12.7. The van der Waals surface area contributed by atoms with Gasteiger partial charge in [0.25, 0.3) is 5.91 Å². The molecule has 7 heteroatoms. The molecule has 0 N–H and O–H groups in total. The fourth-order valence-electron chi connectivity index (χ4n) is 2.21. The molecule has 0 bridgehead atoms. The molecule has 0 aliphatic carbocycles. The lowest BCUT2D eigenvalue weighted by molar-refractivity contribution is -0.137. The van der Waals surface area contributed by atoms with Crippen LogP contribution in [0.3, 0.4) is 0 Å². The molecule has 0 aromatic heterocycles. The molecular weight excluding hydrogens is 273 g/mol. The van der Waals surface area contributed by atoms with Gasteiger partial charge in [-0.3, -0.25) is 4.79 Å². The molecule has 1 aromatic rings. The van der Waals surface area contributed by atoms with Gasteiger partial charge in [-0.05, 0) is 24.6 Å². The molecule has 2 rings (SSSR count). The highest BCUT2D eigenvalue weighted by Crippen LogP contribution is 2.33. The number of hydrogen-bond acceptors (Lipinski definition) is 2. The number of carbonyl (C=O) groups is 2. The lowest BCUT2D eigenvalue weighted by atomic mass is 10.1. The standard InChI is InChI=1S/C13H13F3N2O2/c1-3-10-11(19)18(12(20)17(10)2)9-6-4-5-8(7-9)13(14,15)16/h4-7,10H,3H2,1-2H3. The molecule has 1 unspecified atom stereocenters. The quantitative estimate of drug-likeness (QED) is 0.784. The average Bonchev–Trinajstić information content (AvgIpc) is 2.59. The van der Waals surface area contributed by atoms with Crippen molar-refractivity contribution in [1.82, 2.24) is 4.90 Å². The molecule has 3 amide bonds. The highest BCUT2D eigenvalue weighted by molar-refractivity contribution is 6.21. The SMILES string of the molecule is CCC1C(=O)N(c2cccc(C(F)(F)F)c2)C(=O)N1C. The van der Waals surface area contributed by atoms with Crippen LogP contribution in [0.5, 0.6) is 0 Å². The zero-order chi connectivity index (χ0) is 15.1. The maximum Gasteiger partial charge on any atom is 0.416 e. The maximum absolute atomic E-state index is 12.7. The molecule has 0 spiro atoms. The van der Waals surface area contributed by atoms with Gasteiger partial charge < -0.3 is 4.90 Å². The number of halogens is 3. The first kappa shape index (κ1) is 14.4. The van der Waals surface area contributed by atoms with Crippen LogP contribution in [-0.4, -0.2) is 29.9 Å². The van der Waals surface area contributed by atoms with Crippen molar-refractivity contribution in [1.29, 1.82) is 0 Å². The summed E-state index contributed by atoms with van der Waals surface area (Å²) in [5.41, 5.74) is -0.948. The van der Waals surface area contributed by atoms with Crippen molar-refractivity contribution in [2.75, 3.05) is 11.9 Å². The molecule has 20 heavy (non-hydrogen) atoms. The molecule has 1 aliphatic heterocycles. The summed E-state index contributed by atoms with van der Waals surface area (Å²) in [6, 6.07) is 2.96. The van der Waals surface area contributed by atoms with Crippen LogP contribution in [0.2, 0.25) is 0 Å². The van der Waals surface area contributed by atoms with Crippen LogP contribution in [0.1, 0.15) is 18.9 Å². The van der Waals surface area contributed by atoms with Crippen LogP contribution in [0.15, 0.2) is 24.3 Å². The number of imide groups is 1. The predicted octanol–water partition coefficient (Wildman–Crippen LogP) is 2.88. The van der Waals surface area contributed by atoms with Crippen molar-refractivity contribution in [3.63, 3.8) is 0 Å². The zero-order valence-electron chi connectivity index (χ0n) is 10.9. The first-order valence-electron chi connectivity index (χ1n) is 6.05. The lowest BCUT2D eigenvalue weighted by Gasteiger charge is -2.15. The third kappa shape index (κ3) is 2.23. The Labute approximate surface area is 113 Å². The van der Waals surface area contributed by atoms with Gasteiger partial charge in [-0.15, -0.1) is 0 Å². The molecule has 1 aliphatic rings. The van der Waals surface area contributed by atoms with E-state index < -0.39 is 29.7 Å². The van der Waals surface area contributed by atoms with Gasteiger partial charge in [0, 0.05) is 7.05 Å². The van der Waals surface area contributed by atoms with Crippen molar-refractivity contribution < 1.29 is 22.8 Å². The van der Waals surface area contributed by atoms with E-state index in [0.29, 0.717) is 6.42 Å². The molecule has 1 aromatic carbocycles. The van der Waals surface area contributed by atoms with Crippen molar-refractivity contribution in [2.45, 2.75) is 25.6 Å². The number of benzene rings is 1. The third-order valence-electron chi connectivity index (χ3n) is 3.28. The summed E-state index contributed by atoms with van der Waals surface area (Å²) >= 11 is 0. The number of alkyl halides is 3. The number of hydrogen-bond donors (Lipinski definition) is 0. The first-order valence-corrected chi connectivity index (χ1v) is 6.05. The summed E-state index contributed by atoms with van der Waals surface area (Å²) in [5.74, 6) is -0.501. The average molecular weight is 286 g/mol. The van der Waals surface area contributed by atoms with Crippen LogP contribution in [-0.2, 0) is 11.0 Å². The largest absolute Gasteiger partial charge is 0.416 e. The monoisotopic (exact) mass is 286 g/mol. The molecule has 0 saturated carbocycles. The fraction of sp³-hybridized carbons (Fsp3) is 0.385. The minimum atomic E-state index is -4.52. The van der Waals surface area contributed by atoms with Gasteiger partial charge >= 0.3 is 12.2 Å². The molecule has 0 radical (unpaired) electrons. The van der Waals surface area contributed by atoms with E-state index in [1.807, 2.05) is 0 Å². The lowest BCUT2D eigenvalue weighted by Crippen LogP contribution is -2.31. The van der Waals surface area contributed by atoms with Crippen molar-refractivity contribution in [2.24, 2.45) is 0 Å². The number of amides is 3. The minimum Gasteiger partial charge on any atom is -0.315 e. The summed E-state index contributed by atoms with van der Waals surface area (Å²) in [7, 11) is 1.46. The van der Waals surface area contributed by atoms with Crippen molar-refractivity contribution >= 4 is 17.6 Å². The number of anilines is 1. The van der Waals surface area contributed by atoms with E-state index in [1.54, 1.807) is 6.92 Å². The molecule has 1 saturated heterocycles. The Kier molecular flexibility index (Phi) is 3.45. The Morgan fingerprint density at radius 2 is 1.90 bits per heavy atom. The predicted molar refractivity (Wildman–Crippen MR) is 66.2 cm³/mol. The Balaban J connectivity index is 2.42. The van der Waals surface area contributed by atoms with E-state index in [9.17, 15) is 22.8 Å². The van der Waals surface area contributed by atoms with E-state index in [2.05, 4.69) is 0 Å². The van der Waals surface area contributed by atoms with Gasteiger partial charge in [-0.25, -0.2) is 9.69 Å². The number of carbonyl (C=O) groups excluding carboxylic acids is 2. The van der Waals surface area contributed by atoms with Crippen molar-refractivity contribution in [3.8, 4) is 0 Å². The van der Waals surface area contributed by atoms with E-state index in [0.717, 1.165) is 17.0 Å². The number of urea groups is 1. The van der Waals surface area contributed by atoms with Gasteiger partial charge in [0.15, 0.2) is 0 Å². The van der Waals surface area contributed by atoms with Crippen LogP contribution in [0.4, 0.5) is 23.7 Å². The fourth-order valence-corrected chi connectivity index (χ4v) is 2.21. The second-order valence-electron chi connectivity index (χ2n) is 4.54. The second kappa shape index (κ2) is 4.81. The van der Waals surface area contributed by atoms with E-state index in [1.165, 1.54) is 24.1 Å². The molecule has 1 atom stereocenters. The number of rotatable bonds is 2. The topological polar surface area (TPSA) is 40.6 Å². The summed E-state index contributed by atoms with van der Waals surface area (Å²) < 4.78 is 38.0. The Morgan fingerprint density at radius 1 is 1.25 bits per heavy atom. The van der Waals surface area contributed by atoms with Crippen LogP contribution in [0, 0.1) is 0 Å². The van der Waals surface area contributed by atoms with Crippen LogP contribution in [0.25, 0.3) is 0 Å². The molecule has 108 valence electrons. The summed E-state index contributed by atoms with van der Waals surface area (Å²) in [6.07, 6.45) is -4.10. The first-order chi connectivity index (χ1) is 9.27. The van der Waals surface area contributed by atoms with Gasteiger partial charge in [-0.1, -0.05) is 13.0 Å². The van der Waals surface area contributed by atoms with Gasteiger partial charge in [0.1, 0.15) is 6.04 Å². The number of likely N-dealkylation sites (N-methyl/N-ethyl adjacent to an activating group) is 1. The van der Waals surface area contributed by atoms with Crippen LogP contribution < -0.4 is 4.90 Å². The highest BCUT2D eigenvalue weighted by atomic mass is 19.4. The molecule has 1 fully saturated rings. The highest BCUT2D eigenvalue weighted by Gasteiger charge is 2.43. The van der Waals surface area contributed by atoms with Gasteiger partial charge in [0.05, 0.1) is 11.3 Å². The van der Waals surface area contributed by atoms with Gasteiger partial charge in [0.2, 0.25) is 0 Å². The third-order valence-corrected chi connectivity index (χ3v) is 3.28. The van der Waals surface area contributed by atoms with Crippen LogP contribution >= 0.6 is 0 Å². The molecule has 4 nitrogen and oxygen atoms in total. The van der Waals surface area contributed by atoms with E-state index >= 15 is 0 Å². The van der Waals surface area contributed by atoms with E-state index in [-0.39, 0.29) is 5.69 Å². The van der Waals surface area contributed by atoms with Crippen molar-refractivity contribution in [3.05, 3.63) is 29.8 Å². The zero-order valence-corrected chi connectivity index (χ0v) is 10.9. The smallest absolute Gasteiger partial charge is 0.315 e. The Hall–Kier alpha value is -2.05. The van der Waals surface area contributed by atoms with Gasteiger partial charge in [-0.2, -0.15) is 13.2 Å². The number of nitrogens with zero attached hydrogens (tertiary/aromatic N) is 2. The van der Waals surface area contributed by atoms with E-state index in [4.69, 9.17) is 0 Å². The minimum absolute atomic E-state index is 0.0578. The second-order valence-corrected chi connectivity index (χ2v) is 4.54. The summed E-state index contributed by atoms with van der Waals surface area (Å²) in [5, 5.41) is 0. The Bertz CT molecular complexity index is 557. The molecular formula is C13H13F3N2O2. The summed E-state index contributed by atoms with van der Waals surface area (Å²) in [4.78, 5) is 26.1.